The number of aliphatic hydroxyl groups is 1. The molecule has 1 aliphatic carbocycles. The first-order valence-corrected chi connectivity index (χ1v) is 7.20. The molecular weight excluding hydrogens is 254 g/mol. The molecule has 0 radical (unpaired) electrons. The Labute approximate surface area is 119 Å². The molecule has 0 aromatic heterocycles. The maximum atomic E-state index is 12.2. The van der Waals surface area contributed by atoms with Gasteiger partial charge in [0, 0.05) is 17.7 Å². The second kappa shape index (κ2) is 5.83. The minimum Gasteiger partial charge on any atom is -0.508 e. The number of carbonyl (C=O) groups is 1. The fourth-order valence-corrected chi connectivity index (χ4v) is 3.00. The van der Waals surface area contributed by atoms with E-state index in [1.54, 1.807) is 25.1 Å². The van der Waals surface area contributed by atoms with E-state index in [0.29, 0.717) is 17.0 Å². The van der Waals surface area contributed by atoms with E-state index >= 15 is 0 Å². The molecule has 0 aliphatic heterocycles. The lowest BCUT2D eigenvalue weighted by molar-refractivity contribution is -0.0109. The third-order valence-electron chi connectivity index (χ3n) is 4.20. The van der Waals surface area contributed by atoms with Gasteiger partial charge in [-0.05, 0) is 37.8 Å². The summed E-state index contributed by atoms with van der Waals surface area (Å²) in [6.07, 6.45) is 3.60. The molecule has 20 heavy (non-hydrogen) atoms. The Hall–Kier alpha value is -1.55. The lowest BCUT2D eigenvalue weighted by Crippen LogP contribution is -2.45. The van der Waals surface area contributed by atoms with Crippen LogP contribution in [0.1, 0.15) is 48.5 Å². The van der Waals surface area contributed by atoms with Crippen molar-refractivity contribution in [3.05, 3.63) is 29.3 Å². The van der Waals surface area contributed by atoms with Crippen LogP contribution in [0.2, 0.25) is 0 Å². The molecule has 1 fully saturated rings. The van der Waals surface area contributed by atoms with E-state index in [1.807, 2.05) is 0 Å². The van der Waals surface area contributed by atoms with Crippen LogP contribution in [0.3, 0.4) is 0 Å². The van der Waals surface area contributed by atoms with Gasteiger partial charge >= 0.3 is 0 Å². The van der Waals surface area contributed by atoms with E-state index in [4.69, 9.17) is 0 Å². The summed E-state index contributed by atoms with van der Waals surface area (Å²) < 4.78 is 0. The van der Waals surface area contributed by atoms with Crippen molar-refractivity contribution in [3.8, 4) is 5.75 Å². The molecule has 1 aliphatic rings. The molecule has 4 nitrogen and oxygen atoms in total. The summed E-state index contributed by atoms with van der Waals surface area (Å²) in [5.41, 5.74) is 0.226. The van der Waals surface area contributed by atoms with Crippen LogP contribution in [0.5, 0.6) is 5.75 Å². The van der Waals surface area contributed by atoms with Crippen LogP contribution in [0.15, 0.2) is 18.2 Å². The van der Waals surface area contributed by atoms with Crippen LogP contribution >= 0.6 is 0 Å². The first kappa shape index (κ1) is 14.9. The lowest BCUT2D eigenvalue weighted by atomic mass is 9.79. The minimum atomic E-state index is -0.794. The summed E-state index contributed by atoms with van der Waals surface area (Å²) in [6, 6.07) is 4.88. The third kappa shape index (κ3) is 3.31. The highest BCUT2D eigenvalue weighted by atomic mass is 16.3. The zero-order chi connectivity index (χ0) is 14.8. The van der Waals surface area contributed by atoms with Crippen LogP contribution in [-0.4, -0.2) is 28.3 Å². The molecule has 4 heteroatoms. The monoisotopic (exact) mass is 277 g/mol. The van der Waals surface area contributed by atoms with E-state index < -0.39 is 5.60 Å². The summed E-state index contributed by atoms with van der Waals surface area (Å²) in [5, 5.41) is 22.9. The topological polar surface area (TPSA) is 69.6 Å². The Bertz CT molecular complexity index is 500. The first-order chi connectivity index (χ1) is 9.41. The van der Waals surface area contributed by atoms with Crippen molar-refractivity contribution in [3.63, 3.8) is 0 Å². The van der Waals surface area contributed by atoms with Gasteiger partial charge in [-0.3, -0.25) is 4.79 Å². The van der Waals surface area contributed by atoms with Crippen LogP contribution in [0, 0.1) is 12.8 Å². The molecule has 0 bridgehead atoms. The first-order valence-electron chi connectivity index (χ1n) is 7.20. The maximum Gasteiger partial charge on any atom is 0.251 e. The van der Waals surface area contributed by atoms with Gasteiger partial charge in [-0.15, -0.1) is 0 Å². The Morgan fingerprint density at radius 3 is 2.95 bits per heavy atom. The fourth-order valence-electron chi connectivity index (χ4n) is 3.00. The third-order valence-corrected chi connectivity index (χ3v) is 4.20. The van der Waals surface area contributed by atoms with Gasteiger partial charge in [0.15, 0.2) is 0 Å². The van der Waals surface area contributed by atoms with Crippen molar-refractivity contribution in [2.24, 2.45) is 5.92 Å². The van der Waals surface area contributed by atoms with Crippen LogP contribution in [0.4, 0.5) is 0 Å². The number of aromatic hydroxyl groups is 1. The summed E-state index contributed by atoms with van der Waals surface area (Å²) in [4.78, 5) is 12.2. The largest absolute Gasteiger partial charge is 0.508 e. The number of hydrogen-bond acceptors (Lipinski definition) is 3. The number of phenolic OH excluding ortho intramolecular Hbond substituents is 1. The average Bonchev–Trinajstić information content (AvgIpc) is 2.39. The van der Waals surface area contributed by atoms with Gasteiger partial charge in [0.1, 0.15) is 5.75 Å². The summed E-state index contributed by atoms with van der Waals surface area (Å²) in [5.74, 6) is 0.362. The van der Waals surface area contributed by atoms with Crippen molar-refractivity contribution < 1.29 is 15.0 Å². The standard InChI is InChI=1S/C16H23NO3/c1-11-5-4-8-16(20,9-11)10-17-15(19)13-6-3-7-14(18)12(13)2/h3,6-7,11,18,20H,4-5,8-10H2,1-2H3,(H,17,19). The molecule has 1 aromatic carbocycles. The Morgan fingerprint density at radius 1 is 1.50 bits per heavy atom. The smallest absolute Gasteiger partial charge is 0.251 e. The molecule has 0 heterocycles. The molecule has 1 aromatic rings. The van der Waals surface area contributed by atoms with Crippen LogP contribution < -0.4 is 5.32 Å². The van der Waals surface area contributed by atoms with Crippen LogP contribution in [0.25, 0.3) is 0 Å². The van der Waals surface area contributed by atoms with Gasteiger partial charge in [0.05, 0.1) is 5.60 Å². The number of carbonyl (C=O) groups excluding carboxylic acids is 1. The number of benzene rings is 1. The predicted molar refractivity (Wildman–Crippen MR) is 77.8 cm³/mol. The fraction of sp³-hybridized carbons (Fsp3) is 0.562. The highest BCUT2D eigenvalue weighted by Gasteiger charge is 2.33. The molecule has 2 atom stereocenters. The number of phenols is 1. The maximum absolute atomic E-state index is 12.2. The second-order valence-electron chi connectivity index (χ2n) is 6.06. The van der Waals surface area contributed by atoms with Crippen molar-refractivity contribution in [2.45, 2.75) is 45.1 Å². The van der Waals surface area contributed by atoms with Crippen molar-refractivity contribution in [1.29, 1.82) is 0 Å². The average molecular weight is 277 g/mol. The second-order valence-corrected chi connectivity index (χ2v) is 6.06. The zero-order valence-electron chi connectivity index (χ0n) is 12.1. The Kier molecular flexibility index (Phi) is 4.33. The van der Waals surface area contributed by atoms with E-state index in [9.17, 15) is 15.0 Å². The Balaban J connectivity index is 2.00. The van der Waals surface area contributed by atoms with Gasteiger partial charge in [0.25, 0.3) is 5.91 Å². The van der Waals surface area contributed by atoms with Crippen molar-refractivity contribution in [1.82, 2.24) is 5.32 Å². The molecule has 2 rings (SSSR count). The molecule has 2 unspecified atom stereocenters. The molecule has 1 amide bonds. The SMILES string of the molecule is Cc1c(O)cccc1C(=O)NCC1(O)CCCC(C)C1. The van der Waals surface area contributed by atoms with Crippen molar-refractivity contribution in [2.75, 3.05) is 6.54 Å². The molecule has 3 N–H and O–H groups in total. The highest BCUT2D eigenvalue weighted by molar-refractivity contribution is 5.96. The molecular formula is C16H23NO3. The molecule has 0 saturated heterocycles. The van der Waals surface area contributed by atoms with E-state index in [1.165, 1.54) is 0 Å². The zero-order valence-corrected chi connectivity index (χ0v) is 12.1. The van der Waals surface area contributed by atoms with Gasteiger partial charge < -0.3 is 15.5 Å². The quantitative estimate of drug-likeness (QED) is 0.794. The molecule has 110 valence electrons. The molecule has 1 saturated carbocycles. The van der Waals surface area contributed by atoms with Gasteiger partial charge in [-0.25, -0.2) is 0 Å². The predicted octanol–water partition coefficient (Wildman–Crippen LogP) is 2.37. The summed E-state index contributed by atoms with van der Waals surface area (Å²) >= 11 is 0. The number of hydrogen-bond donors (Lipinski definition) is 3. The van der Waals surface area contributed by atoms with E-state index in [0.717, 1.165) is 25.7 Å². The normalized spacial score (nSPS) is 26.2. The lowest BCUT2D eigenvalue weighted by Gasteiger charge is -2.35. The number of rotatable bonds is 3. The van der Waals surface area contributed by atoms with Crippen molar-refractivity contribution >= 4 is 5.91 Å². The van der Waals surface area contributed by atoms with Gasteiger partial charge in [-0.2, -0.15) is 0 Å². The summed E-state index contributed by atoms with van der Waals surface area (Å²) in [7, 11) is 0. The summed E-state index contributed by atoms with van der Waals surface area (Å²) in [6.45, 7) is 4.11. The minimum absolute atomic E-state index is 0.114. The number of amides is 1. The molecule has 0 spiro atoms. The van der Waals surface area contributed by atoms with Gasteiger partial charge in [0.2, 0.25) is 0 Å². The van der Waals surface area contributed by atoms with E-state index in [-0.39, 0.29) is 18.2 Å². The Morgan fingerprint density at radius 2 is 2.25 bits per heavy atom. The van der Waals surface area contributed by atoms with Crippen LogP contribution in [-0.2, 0) is 0 Å². The highest BCUT2D eigenvalue weighted by Crippen LogP contribution is 2.31. The van der Waals surface area contributed by atoms with Gasteiger partial charge in [-0.1, -0.05) is 25.8 Å². The number of nitrogens with one attached hydrogen (secondary N) is 1. The van der Waals surface area contributed by atoms with E-state index in [2.05, 4.69) is 12.2 Å².